The number of amides is 3. The largest absolute Gasteiger partial charge is 0.464 e. The van der Waals surface area contributed by atoms with E-state index in [1.54, 1.807) is 0 Å². The molecular formula is C23H24N2O5. The summed E-state index contributed by atoms with van der Waals surface area (Å²) in [6.07, 6.45) is 0.377. The summed E-state index contributed by atoms with van der Waals surface area (Å²) in [5, 5.41) is 5.59. The van der Waals surface area contributed by atoms with Gasteiger partial charge in [-0.1, -0.05) is 30.3 Å². The van der Waals surface area contributed by atoms with Crippen molar-refractivity contribution in [2.24, 2.45) is 0 Å². The van der Waals surface area contributed by atoms with Crippen LogP contribution in [0.5, 0.6) is 0 Å². The van der Waals surface area contributed by atoms with E-state index >= 15 is 0 Å². The summed E-state index contributed by atoms with van der Waals surface area (Å²) in [5.41, 5.74) is 4.47. The number of hydrogen-bond donors (Lipinski definition) is 2. The number of imide groups is 1. The fraction of sp³-hybridized carbons (Fsp3) is 0.261. The van der Waals surface area contributed by atoms with Gasteiger partial charge >= 0.3 is 12.0 Å². The molecule has 0 bridgehead atoms. The summed E-state index contributed by atoms with van der Waals surface area (Å²) in [6, 6.07) is 12.5. The van der Waals surface area contributed by atoms with E-state index in [-0.39, 0.29) is 13.0 Å². The lowest BCUT2D eigenvalue weighted by Gasteiger charge is -2.13. The minimum absolute atomic E-state index is 0.0344. The average Bonchev–Trinajstić information content (AvgIpc) is 3.08. The molecule has 156 valence electrons. The quantitative estimate of drug-likeness (QED) is 0.608. The number of ether oxygens (including phenoxy) is 1. The van der Waals surface area contributed by atoms with Gasteiger partial charge in [-0.05, 0) is 49.6 Å². The molecule has 3 aromatic rings. The van der Waals surface area contributed by atoms with E-state index in [1.165, 1.54) is 13.2 Å². The molecule has 1 aromatic heterocycles. The van der Waals surface area contributed by atoms with Crippen LogP contribution in [0.3, 0.4) is 0 Å². The standard InChI is InChI=1S/C23H24N2O5/c1-14-9-19-18(13-29-20(19)10-15(14)2)11-21(26)30-16(3)22(27)25-23(28)24-12-17-7-5-4-6-8-17/h4-10,13,16H,11-12H2,1-3H3,(H2,24,25,27,28)/t16-/m0/s1. The van der Waals surface area contributed by atoms with Crippen LogP contribution in [0.25, 0.3) is 11.0 Å². The van der Waals surface area contributed by atoms with Gasteiger partial charge in [-0.3, -0.25) is 14.9 Å². The lowest BCUT2D eigenvalue weighted by atomic mass is 10.0. The molecular weight excluding hydrogens is 384 g/mol. The van der Waals surface area contributed by atoms with Gasteiger partial charge in [-0.2, -0.15) is 0 Å². The maximum atomic E-state index is 12.3. The van der Waals surface area contributed by atoms with Crippen molar-refractivity contribution in [3.8, 4) is 0 Å². The molecule has 7 heteroatoms. The minimum Gasteiger partial charge on any atom is -0.464 e. The van der Waals surface area contributed by atoms with Gasteiger partial charge < -0.3 is 14.5 Å². The monoisotopic (exact) mass is 408 g/mol. The van der Waals surface area contributed by atoms with Crippen LogP contribution in [0.2, 0.25) is 0 Å². The van der Waals surface area contributed by atoms with E-state index in [2.05, 4.69) is 10.6 Å². The normalized spacial score (nSPS) is 11.7. The Morgan fingerprint density at radius 2 is 1.77 bits per heavy atom. The van der Waals surface area contributed by atoms with Crippen molar-refractivity contribution in [2.45, 2.75) is 39.8 Å². The highest BCUT2D eigenvalue weighted by atomic mass is 16.5. The smallest absolute Gasteiger partial charge is 0.321 e. The van der Waals surface area contributed by atoms with Crippen LogP contribution in [-0.4, -0.2) is 24.0 Å². The molecule has 30 heavy (non-hydrogen) atoms. The molecule has 0 saturated carbocycles. The Morgan fingerprint density at radius 1 is 1.07 bits per heavy atom. The van der Waals surface area contributed by atoms with Gasteiger partial charge in [0.25, 0.3) is 5.91 Å². The zero-order chi connectivity index (χ0) is 21.7. The summed E-state index contributed by atoms with van der Waals surface area (Å²) in [5.74, 6) is -1.28. The second kappa shape index (κ2) is 9.26. The van der Waals surface area contributed by atoms with Crippen molar-refractivity contribution in [1.82, 2.24) is 10.6 Å². The first kappa shape index (κ1) is 21.1. The number of carbonyl (C=O) groups is 3. The summed E-state index contributed by atoms with van der Waals surface area (Å²) >= 11 is 0. The molecule has 0 fully saturated rings. The van der Waals surface area contributed by atoms with Gasteiger partial charge in [0.1, 0.15) is 5.58 Å². The molecule has 1 atom stereocenters. The number of hydrogen-bond acceptors (Lipinski definition) is 5. The van der Waals surface area contributed by atoms with Crippen molar-refractivity contribution in [3.63, 3.8) is 0 Å². The highest BCUT2D eigenvalue weighted by Gasteiger charge is 2.21. The third-order valence-electron chi connectivity index (χ3n) is 4.81. The van der Waals surface area contributed by atoms with E-state index in [0.29, 0.717) is 11.1 Å². The molecule has 0 aliphatic carbocycles. The van der Waals surface area contributed by atoms with Crippen LogP contribution in [0.1, 0.15) is 29.2 Å². The van der Waals surface area contributed by atoms with E-state index in [1.807, 2.05) is 56.3 Å². The van der Waals surface area contributed by atoms with Gasteiger partial charge in [0, 0.05) is 17.5 Å². The zero-order valence-corrected chi connectivity index (χ0v) is 17.2. The zero-order valence-electron chi connectivity index (χ0n) is 17.2. The number of benzene rings is 2. The van der Waals surface area contributed by atoms with Gasteiger partial charge in [-0.25, -0.2) is 4.79 Å². The van der Waals surface area contributed by atoms with Crippen LogP contribution in [0, 0.1) is 13.8 Å². The van der Waals surface area contributed by atoms with Crippen molar-refractivity contribution >= 4 is 28.9 Å². The molecule has 0 aliphatic rings. The van der Waals surface area contributed by atoms with E-state index in [4.69, 9.17) is 9.15 Å². The predicted molar refractivity (Wildman–Crippen MR) is 112 cm³/mol. The molecule has 0 radical (unpaired) electrons. The first-order chi connectivity index (χ1) is 14.3. The molecule has 0 saturated heterocycles. The number of esters is 1. The SMILES string of the molecule is Cc1cc2occ(CC(=O)O[C@@H](C)C(=O)NC(=O)NCc3ccccc3)c2cc1C. The van der Waals surface area contributed by atoms with Crippen LogP contribution < -0.4 is 10.6 Å². The van der Waals surface area contributed by atoms with E-state index in [0.717, 1.165) is 22.1 Å². The van der Waals surface area contributed by atoms with Gasteiger partial charge in [0.05, 0.1) is 12.7 Å². The van der Waals surface area contributed by atoms with Crippen molar-refractivity contribution in [1.29, 1.82) is 0 Å². The summed E-state index contributed by atoms with van der Waals surface area (Å²) in [7, 11) is 0. The fourth-order valence-electron chi connectivity index (χ4n) is 2.96. The Balaban J connectivity index is 1.50. The molecule has 0 unspecified atom stereocenters. The van der Waals surface area contributed by atoms with Crippen molar-refractivity contribution in [2.75, 3.05) is 0 Å². The highest BCUT2D eigenvalue weighted by molar-refractivity contribution is 5.97. The Morgan fingerprint density at radius 3 is 2.50 bits per heavy atom. The Hall–Kier alpha value is -3.61. The molecule has 3 amide bonds. The van der Waals surface area contributed by atoms with Crippen molar-refractivity contribution < 1.29 is 23.5 Å². The summed E-state index contributed by atoms with van der Waals surface area (Å²) in [4.78, 5) is 36.3. The number of urea groups is 1. The maximum absolute atomic E-state index is 12.3. The predicted octanol–water partition coefficient (Wildman–Crippen LogP) is 3.55. The Bertz CT molecular complexity index is 1070. The van der Waals surface area contributed by atoms with Crippen LogP contribution >= 0.6 is 0 Å². The average molecular weight is 408 g/mol. The maximum Gasteiger partial charge on any atom is 0.321 e. The molecule has 1 heterocycles. The summed E-state index contributed by atoms with van der Waals surface area (Å²) < 4.78 is 10.7. The van der Waals surface area contributed by atoms with Crippen LogP contribution in [-0.2, 0) is 27.3 Å². The Kier molecular flexibility index (Phi) is 6.51. The van der Waals surface area contributed by atoms with E-state index in [9.17, 15) is 14.4 Å². The first-order valence-corrected chi connectivity index (χ1v) is 9.63. The fourth-order valence-corrected chi connectivity index (χ4v) is 2.96. The summed E-state index contributed by atoms with van der Waals surface area (Å²) in [6.45, 7) is 5.67. The van der Waals surface area contributed by atoms with Crippen molar-refractivity contribution in [3.05, 3.63) is 71.0 Å². The lowest BCUT2D eigenvalue weighted by molar-refractivity contribution is -0.153. The third-order valence-corrected chi connectivity index (χ3v) is 4.81. The van der Waals surface area contributed by atoms with Gasteiger partial charge in [-0.15, -0.1) is 0 Å². The number of furan rings is 1. The second-order valence-electron chi connectivity index (χ2n) is 7.16. The molecule has 3 rings (SSSR count). The molecule has 2 aromatic carbocycles. The lowest BCUT2D eigenvalue weighted by Crippen LogP contribution is -2.44. The first-order valence-electron chi connectivity index (χ1n) is 9.63. The minimum atomic E-state index is -1.11. The molecule has 0 spiro atoms. The number of fused-ring (bicyclic) bond motifs is 1. The number of carbonyl (C=O) groups excluding carboxylic acids is 3. The van der Waals surface area contributed by atoms with E-state index < -0.39 is 24.0 Å². The topological polar surface area (TPSA) is 97.6 Å². The second-order valence-corrected chi connectivity index (χ2v) is 7.16. The third kappa shape index (κ3) is 5.26. The van der Waals surface area contributed by atoms with Gasteiger partial charge in [0.2, 0.25) is 0 Å². The molecule has 2 N–H and O–H groups in total. The molecule has 0 aliphatic heterocycles. The van der Waals surface area contributed by atoms with Crippen LogP contribution in [0.15, 0.2) is 53.1 Å². The number of aryl methyl sites for hydroxylation is 2. The van der Waals surface area contributed by atoms with Crippen LogP contribution in [0.4, 0.5) is 4.79 Å². The number of nitrogens with one attached hydrogen (secondary N) is 2. The Labute approximate surface area is 174 Å². The van der Waals surface area contributed by atoms with Gasteiger partial charge in [0.15, 0.2) is 6.10 Å². The number of rotatable bonds is 6. The molecule has 7 nitrogen and oxygen atoms in total. The highest BCUT2D eigenvalue weighted by Crippen LogP contribution is 2.25.